The molecule has 0 radical (unpaired) electrons. The number of hydrazone groups is 1. The number of amides is 2. The van der Waals surface area contributed by atoms with Crippen LogP contribution in [0.1, 0.15) is 32.6 Å². The van der Waals surface area contributed by atoms with E-state index in [1.165, 1.54) is 17.1 Å². The van der Waals surface area contributed by atoms with Gasteiger partial charge in [-0.25, -0.2) is 9.80 Å². The third-order valence-corrected chi connectivity index (χ3v) is 6.54. The fourth-order valence-electron chi connectivity index (χ4n) is 3.22. The first-order valence-corrected chi connectivity index (χ1v) is 11.4. The fraction of sp³-hybridized carbons (Fsp3) is 0.182. The number of hydrogen-bond donors (Lipinski definition) is 1. The first-order valence-electron chi connectivity index (χ1n) is 9.67. The molecule has 2 aromatic heterocycles. The molecule has 4 rings (SSSR count). The van der Waals surface area contributed by atoms with Crippen molar-refractivity contribution in [3.8, 4) is 5.75 Å². The topological polar surface area (TPSA) is 111 Å². The average molecular weight is 470 g/mol. The molecular formula is C22H19N3O5S2. The molecule has 3 aromatic rings. The number of carbonyl (C=O) groups is 3. The molecule has 1 aliphatic heterocycles. The Bertz CT molecular complexity index is 1140. The Labute approximate surface area is 191 Å². The lowest BCUT2D eigenvalue weighted by Crippen LogP contribution is -2.31. The lowest BCUT2D eigenvalue weighted by Gasteiger charge is -2.20. The second-order valence-electron chi connectivity index (χ2n) is 6.82. The summed E-state index contributed by atoms with van der Waals surface area (Å²) in [5, 5.41) is 9.84. The summed E-state index contributed by atoms with van der Waals surface area (Å²) in [6, 6.07) is 13.8. The van der Waals surface area contributed by atoms with Crippen molar-refractivity contribution < 1.29 is 23.9 Å². The number of para-hydroxylation sites is 1. The van der Waals surface area contributed by atoms with Crippen molar-refractivity contribution in [2.24, 2.45) is 10.8 Å². The highest BCUT2D eigenvalue weighted by atomic mass is 32.1. The maximum Gasteiger partial charge on any atom is 0.342 e. The molecule has 1 unspecified atom stereocenters. The Kier molecular flexibility index (Phi) is 6.62. The Hall–Kier alpha value is -3.50. The van der Waals surface area contributed by atoms with Crippen LogP contribution in [0.2, 0.25) is 0 Å². The van der Waals surface area contributed by atoms with Gasteiger partial charge in [0.15, 0.2) is 13.2 Å². The van der Waals surface area contributed by atoms with Gasteiger partial charge in [0.2, 0.25) is 0 Å². The smallest absolute Gasteiger partial charge is 0.342 e. The third kappa shape index (κ3) is 4.87. The van der Waals surface area contributed by atoms with E-state index < -0.39 is 24.4 Å². The molecule has 32 heavy (non-hydrogen) atoms. The van der Waals surface area contributed by atoms with E-state index in [2.05, 4.69) is 5.10 Å². The van der Waals surface area contributed by atoms with Crippen molar-refractivity contribution in [2.75, 3.05) is 13.2 Å². The number of ether oxygens (including phenoxy) is 2. The summed E-state index contributed by atoms with van der Waals surface area (Å²) in [4.78, 5) is 38.5. The van der Waals surface area contributed by atoms with E-state index in [-0.39, 0.29) is 24.0 Å². The van der Waals surface area contributed by atoms with Gasteiger partial charge in [0.25, 0.3) is 11.8 Å². The molecule has 0 saturated carbocycles. The van der Waals surface area contributed by atoms with Gasteiger partial charge < -0.3 is 15.2 Å². The van der Waals surface area contributed by atoms with Crippen LogP contribution in [-0.2, 0) is 14.3 Å². The molecule has 2 amide bonds. The van der Waals surface area contributed by atoms with Crippen molar-refractivity contribution in [2.45, 2.75) is 12.5 Å². The van der Waals surface area contributed by atoms with Crippen molar-refractivity contribution in [3.63, 3.8) is 0 Å². The number of esters is 1. The zero-order chi connectivity index (χ0) is 22.5. The van der Waals surface area contributed by atoms with Crippen LogP contribution in [0.4, 0.5) is 0 Å². The van der Waals surface area contributed by atoms with Crippen LogP contribution in [-0.4, -0.2) is 41.7 Å². The first kappa shape index (κ1) is 21.7. The average Bonchev–Trinajstić information content (AvgIpc) is 3.56. The number of benzene rings is 1. The molecule has 0 aliphatic carbocycles. The predicted molar refractivity (Wildman–Crippen MR) is 121 cm³/mol. The highest BCUT2D eigenvalue weighted by Gasteiger charge is 2.34. The summed E-state index contributed by atoms with van der Waals surface area (Å²) in [5.74, 6) is -1.69. The molecule has 1 atom stereocenters. The maximum atomic E-state index is 13.0. The van der Waals surface area contributed by atoms with Crippen LogP contribution >= 0.6 is 22.7 Å². The van der Waals surface area contributed by atoms with Gasteiger partial charge in [0.1, 0.15) is 11.3 Å². The van der Waals surface area contributed by atoms with E-state index >= 15 is 0 Å². The summed E-state index contributed by atoms with van der Waals surface area (Å²) in [6.07, 6.45) is 0.588. The Morgan fingerprint density at radius 2 is 1.81 bits per heavy atom. The van der Waals surface area contributed by atoms with Crippen molar-refractivity contribution in [1.82, 2.24) is 5.01 Å². The quantitative estimate of drug-likeness (QED) is 0.509. The van der Waals surface area contributed by atoms with E-state index in [1.807, 2.05) is 35.0 Å². The highest BCUT2D eigenvalue weighted by Crippen LogP contribution is 2.36. The predicted octanol–water partition coefficient (Wildman–Crippen LogP) is 3.21. The Morgan fingerprint density at radius 1 is 1.03 bits per heavy atom. The molecule has 0 spiro atoms. The van der Waals surface area contributed by atoms with Crippen LogP contribution in [0, 0.1) is 0 Å². The Morgan fingerprint density at radius 3 is 2.53 bits per heavy atom. The molecule has 0 fully saturated rings. The summed E-state index contributed by atoms with van der Waals surface area (Å²) in [6.45, 7) is -0.855. The summed E-state index contributed by atoms with van der Waals surface area (Å²) in [7, 11) is 0. The number of carbonyl (C=O) groups excluding carboxylic acids is 3. The normalized spacial score (nSPS) is 15.3. The minimum Gasteiger partial charge on any atom is -0.483 e. The lowest BCUT2D eigenvalue weighted by atomic mass is 10.1. The van der Waals surface area contributed by atoms with E-state index in [4.69, 9.17) is 15.2 Å². The fourth-order valence-corrected chi connectivity index (χ4v) is 4.75. The third-order valence-electron chi connectivity index (χ3n) is 4.65. The first-order chi connectivity index (χ1) is 15.5. The molecule has 3 heterocycles. The van der Waals surface area contributed by atoms with E-state index in [9.17, 15) is 14.4 Å². The maximum absolute atomic E-state index is 13.0. The zero-order valence-corrected chi connectivity index (χ0v) is 18.4. The summed E-state index contributed by atoms with van der Waals surface area (Å²) in [5.41, 5.74) is 6.01. The van der Waals surface area contributed by atoms with Gasteiger partial charge in [-0.15, -0.1) is 22.7 Å². The second-order valence-corrected chi connectivity index (χ2v) is 8.75. The summed E-state index contributed by atoms with van der Waals surface area (Å²) >= 11 is 3.11. The van der Waals surface area contributed by atoms with Gasteiger partial charge in [0.05, 0.1) is 16.6 Å². The number of primary amides is 1. The Balaban J connectivity index is 1.47. The van der Waals surface area contributed by atoms with Crippen LogP contribution in [0.15, 0.2) is 64.4 Å². The molecule has 8 nitrogen and oxygen atoms in total. The minimum absolute atomic E-state index is 0.0977. The van der Waals surface area contributed by atoms with Crippen LogP contribution in [0.25, 0.3) is 0 Å². The van der Waals surface area contributed by atoms with Crippen molar-refractivity contribution in [3.05, 3.63) is 74.6 Å². The molecule has 0 bridgehead atoms. The van der Waals surface area contributed by atoms with Crippen molar-refractivity contribution >= 4 is 46.2 Å². The minimum atomic E-state index is -0.743. The van der Waals surface area contributed by atoms with Crippen LogP contribution in [0.3, 0.4) is 0 Å². The van der Waals surface area contributed by atoms with E-state index in [1.54, 1.807) is 34.8 Å². The lowest BCUT2D eigenvalue weighted by molar-refractivity contribution is -0.136. The highest BCUT2D eigenvalue weighted by molar-refractivity contribution is 7.12. The molecular weight excluding hydrogens is 450 g/mol. The van der Waals surface area contributed by atoms with Gasteiger partial charge in [-0.1, -0.05) is 24.3 Å². The SMILES string of the molecule is NC(=O)COc1ccccc1C(=O)OCC(=O)N1N=C(c2cccs2)CC1c1cccs1. The molecule has 10 heteroatoms. The van der Waals surface area contributed by atoms with Gasteiger partial charge in [0, 0.05) is 11.3 Å². The van der Waals surface area contributed by atoms with E-state index in [0.717, 1.165) is 15.5 Å². The van der Waals surface area contributed by atoms with Gasteiger partial charge in [-0.3, -0.25) is 9.59 Å². The van der Waals surface area contributed by atoms with Gasteiger partial charge in [-0.2, -0.15) is 5.10 Å². The molecule has 0 saturated heterocycles. The number of nitrogens with two attached hydrogens (primary N) is 1. The number of thiophene rings is 2. The van der Waals surface area contributed by atoms with Gasteiger partial charge >= 0.3 is 5.97 Å². The molecule has 164 valence electrons. The number of hydrogen-bond acceptors (Lipinski definition) is 8. The summed E-state index contributed by atoms with van der Waals surface area (Å²) < 4.78 is 10.5. The molecule has 1 aromatic carbocycles. The van der Waals surface area contributed by atoms with Gasteiger partial charge in [-0.05, 0) is 35.0 Å². The zero-order valence-electron chi connectivity index (χ0n) is 16.8. The largest absolute Gasteiger partial charge is 0.483 e. The van der Waals surface area contributed by atoms with Crippen LogP contribution in [0.5, 0.6) is 5.75 Å². The van der Waals surface area contributed by atoms with Crippen molar-refractivity contribution in [1.29, 1.82) is 0 Å². The molecule has 2 N–H and O–H groups in total. The second kappa shape index (κ2) is 9.75. The number of nitrogens with zero attached hydrogens (tertiary/aromatic N) is 2. The monoisotopic (exact) mass is 469 g/mol. The van der Waals surface area contributed by atoms with E-state index in [0.29, 0.717) is 6.42 Å². The standard InChI is InChI=1S/C22H19N3O5S2/c23-20(26)12-29-17-6-2-1-5-14(17)22(28)30-13-21(27)25-16(19-8-4-10-32-19)11-15(24-25)18-7-3-9-31-18/h1-10,16H,11-13H2,(H2,23,26). The van der Waals surface area contributed by atoms with Crippen LogP contribution < -0.4 is 10.5 Å². The number of rotatable bonds is 8. The molecule has 1 aliphatic rings.